The molecule has 6 nitrogen and oxygen atoms in total. The SMILES string of the molecule is N#Cc1c(NC(=O)COC(=O)[C@H]2CCCO2)sc2c1CCCC2. The van der Waals surface area contributed by atoms with Crippen molar-refractivity contribution in [1.29, 1.82) is 5.26 Å². The number of carbonyl (C=O) groups is 2. The summed E-state index contributed by atoms with van der Waals surface area (Å²) in [5, 5.41) is 12.6. The van der Waals surface area contributed by atoms with Gasteiger partial charge in [0.15, 0.2) is 12.7 Å². The van der Waals surface area contributed by atoms with Gasteiger partial charge in [-0.05, 0) is 44.1 Å². The minimum Gasteiger partial charge on any atom is -0.454 e. The summed E-state index contributed by atoms with van der Waals surface area (Å²) in [5.41, 5.74) is 1.62. The molecule has 1 aromatic heterocycles. The third kappa shape index (κ3) is 3.54. The van der Waals surface area contributed by atoms with Gasteiger partial charge in [-0.1, -0.05) is 0 Å². The molecule has 1 amide bonds. The van der Waals surface area contributed by atoms with Crippen LogP contribution in [-0.4, -0.2) is 31.2 Å². The van der Waals surface area contributed by atoms with Gasteiger partial charge in [0.2, 0.25) is 0 Å². The van der Waals surface area contributed by atoms with Crippen LogP contribution in [0.5, 0.6) is 0 Å². The Bertz CT molecular complexity index is 656. The van der Waals surface area contributed by atoms with Crippen molar-refractivity contribution < 1.29 is 19.1 Å². The molecule has 2 aliphatic rings. The number of thiophene rings is 1. The van der Waals surface area contributed by atoms with Gasteiger partial charge in [-0.25, -0.2) is 4.79 Å². The van der Waals surface area contributed by atoms with Crippen molar-refractivity contribution in [3.8, 4) is 6.07 Å². The third-order valence-electron chi connectivity index (χ3n) is 4.07. The Morgan fingerprint density at radius 2 is 2.17 bits per heavy atom. The summed E-state index contributed by atoms with van der Waals surface area (Å²) in [6.07, 6.45) is 4.95. The minimum absolute atomic E-state index is 0.355. The molecular formula is C16H18N2O4S. The Hall–Kier alpha value is -1.91. The Morgan fingerprint density at radius 1 is 1.35 bits per heavy atom. The summed E-state index contributed by atoms with van der Waals surface area (Å²) in [7, 11) is 0. The van der Waals surface area contributed by atoms with E-state index >= 15 is 0 Å². The van der Waals surface area contributed by atoms with E-state index in [1.807, 2.05) is 0 Å². The molecule has 1 atom stereocenters. The maximum atomic E-state index is 12.0. The topological polar surface area (TPSA) is 88.4 Å². The van der Waals surface area contributed by atoms with Gasteiger partial charge in [-0.2, -0.15) is 5.26 Å². The van der Waals surface area contributed by atoms with Crippen molar-refractivity contribution in [2.75, 3.05) is 18.5 Å². The van der Waals surface area contributed by atoms with Crippen molar-refractivity contribution in [1.82, 2.24) is 0 Å². The maximum absolute atomic E-state index is 12.0. The number of nitrogens with zero attached hydrogens (tertiary/aromatic N) is 1. The first-order valence-corrected chi connectivity index (χ1v) is 8.63. The molecule has 1 aliphatic carbocycles. The number of ether oxygens (including phenoxy) is 2. The highest BCUT2D eigenvalue weighted by atomic mass is 32.1. The fraction of sp³-hybridized carbons (Fsp3) is 0.562. The molecule has 0 saturated carbocycles. The molecule has 1 N–H and O–H groups in total. The number of anilines is 1. The normalized spacial score (nSPS) is 19.7. The van der Waals surface area contributed by atoms with Crippen molar-refractivity contribution in [2.45, 2.75) is 44.6 Å². The summed E-state index contributed by atoms with van der Waals surface area (Å²) in [4.78, 5) is 24.9. The average molecular weight is 334 g/mol. The zero-order valence-electron chi connectivity index (χ0n) is 12.7. The van der Waals surface area contributed by atoms with Crippen molar-refractivity contribution in [2.24, 2.45) is 0 Å². The summed E-state index contributed by atoms with van der Waals surface area (Å²) < 4.78 is 10.2. The Morgan fingerprint density at radius 3 is 2.91 bits per heavy atom. The molecular weight excluding hydrogens is 316 g/mol. The van der Waals surface area contributed by atoms with E-state index in [4.69, 9.17) is 9.47 Å². The number of nitrogens with one attached hydrogen (secondary N) is 1. The summed E-state index contributed by atoms with van der Waals surface area (Å²) >= 11 is 1.45. The van der Waals surface area contributed by atoms with E-state index in [9.17, 15) is 14.9 Å². The van der Waals surface area contributed by atoms with Crippen LogP contribution in [0.4, 0.5) is 5.00 Å². The fourth-order valence-electron chi connectivity index (χ4n) is 2.93. The molecule has 7 heteroatoms. The van der Waals surface area contributed by atoms with Crippen LogP contribution in [0, 0.1) is 11.3 Å². The summed E-state index contributed by atoms with van der Waals surface area (Å²) in [6, 6.07) is 2.19. The minimum atomic E-state index is -0.550. The number of carbonyl (C=O) groups excluding carboxylic acids is 2. The first-order chi connectivity index (χ1) is 11.2. The second-order valence-corrected chi connectivity index (χ2v) is 6.79. The molecule has 23 heavy (non-hydrogen) atoms. The highest BCUT2D eigenvalue weighted by Gasteiger charge is 2.26. The van der Waals surface area contributed by atoms with Crippen molar-refractivity contribution in [3.63, 3.8) is 0 Å². The maximum Gasteiger partial charge on any atom is 0.335 e. The molecule has 122 valence electrons. The molecule has 0 unspecified atom stereocenters. The lowest BCUT2D eigenvalue weighted by atomic mass is 9.96. The first-order valence-electron chi connectivity index (χ1n) is 7.81. The largest absolute Gasteiger partial charge is 0.454 e. The van der Waals surface area contributed by atoms with Gasteiger partial charge in [0.25, 0.3) is 5.91 Å². The first kappa shape index (κ1) is 16.0. The Labute approximate surface area is 138 Å². The quantitative estimate of drug-likeness (QED) is 0.853. The van der Waals surface area contributed by atoms with Crippen LogP contribution in [0.1, 0.15) is 41.7 Å². The highest BCUT2D eigenvalue weighted by Crippen LogP contribution is 2.37. The third-order valence-corrected chi connectivity index (χ3v) is 5.28. The number of hydrogen-bond donors (Lipinski definition) is 1. The molecule has 1 saturated heterocycles. The molecule has 0 radical (unpaired) electrons. The van der Waals surface area contributed by atoms with Gasteiger partial charge in [-0.3, -0.25) is 4.79 Å². The van der Waals surface area contributed by atoms with E-state index < -0.39 is 18.0 Å². The number of rotatable bonds is 4. The van der Waals surface area contributed by atoms with Crippen molar-refractivity contribution >= 4 is 28.2 Å². The predicted octanol–water partition coefficient (Wildman–Crippen LogP) is 2.16. The van der Waals surface area contributed by atoms with E-state index in [0.29, 0.717) is 23.6 Å². The molecule has 0 bridgehead atoms. The van der Waals surface area contributed by atoms with Gasteiger partial charge in [0, 0.05) is 11.5 Å². The van der Waals surface area contributed by atoms with Gasteiger partial charge >= 0.3 is 5.97 Å². The molecule has 1 aromatic rings. The second kappa shape index (κ2) is 7.11. The van der Waals surface area contributed by atoms with E-state index in [0.717, 1.165) is 37.7 Å². The highest BCUT2D eigenvalue weighted by molar-refractivity contribution is 7.16. The monoisotopic (exact) mass is 334 g/mol. The molecule has 0 spiro atoms. The van der Waals surface area contributed by atoms with E-state index in [2.05, 4.69) is 11.4 Å². The second-order valence-electron chi connectivity index (χ2n) is 5.68. The Balaban J connectivity index is 1.58. The van der Waals surface area contributed by atoms with Crippen LogP contribution in [0.2, 0.25) is 0 Å². The van der Waals surface area contributed by atoms with Gasteiger partial charge in [0.05, 0.1) is 5.56 Å². The average Bonchev–Trinajstić information content (AvgIpc) is 3.19. The molecule has 3 rings (SSSR count). The number of nitriles is 1. The van der Waals surface area contributed by atoms with Crippen LogP contribution in [0.25, 0.3) is 0 Å². The van der Waals surface area contributed by atoms with Gasteiger partial charge < -0.3 is 14.8 Å². The summed E-state index contributed by atoms with van der Waals surface area (Å²) in [6.45, 7) is 0.199. The van der Waals surface area contributed by atoms with Crippen LogP contribution in [-0.2, 0) is 31.9 Å². The Kier molecular flexibility index (Phi) is 4.94. The lowest BCUT2D eigenvalue weighted by molar-refractivity contribution is -0.156. The fourth-order valence-corrected chi connectivity index (χ4v) is 4.18. The zero-order valence-corrected chi connectivity index (χ0v) is 13.5. The zero-order chi connectivity index (χ0) is 16.2. The van der Waals surface area contributed by atoms with Gasteiger partial charge in [0.1, 0.15) is 11.1 Å². The van der Waals surface area contributed by atoms with E-state index in [1.54, 1.807) is 0 Å². The molecule has 1 aliphatic heterocycles. The standard InChI is InChI=1S/C16H18N2O4S/c17-8-11-10-4-1-2-6-13(10)23-15(11)18-14(19)9-22-16(20)12-5-3-7-21-12/h12H,1-7,9H2,(H,18,19)/t12-/m1/s1. The number of amides is 1. The molecule has 1 fully saturated rings. The number of fused-ring (bicyclic) bond motifs is 1. The number of esters is 1. The van der Waals surface area contributed by atoms with Crippen molar-refractivity contribution in [3.05, 3.63) is 16.0 Å². The van der Waals surface area contributed by atoms with E-state index in [-0.39, 0.29) is 6.61 Å². The lowest BCUT2D eigenvalue weighted by Crippen LogP contribution is -2.27. The summed E-state index contributed by atoms with van der Waals surface area (Å²) in [5.74, 6) is -0.921. The molecule has 0 aromatic carbocycles. The number of hydrogen-bond acceptors (Lipinski definition) is 6. The van der Waals surface area contributed by atoms with Crippen LogP contribution in [0.3, 0.4) is 0 Å². The van der Waals surface area contributed by atoms with Crippen LogP contribution < -0.4 is 5.32 Å². The van der Waals surface area contributed by atoms with E-state index in [1.165, 1.54) is 16.2 Å². The molecule has 2 heterocycles. The van der Waals surface area contributed by atoms with Crippen LogP contribution >= 0.6 is 11.3 Å². The lowest BCUT2D eigenvalue weighted by Gasteiger charge is -2.10. The smallest absolute Gasteiger partial charge is 0.335 e. The number of aryl methyl sites for hydroxylation is 1. The van der Waals surface area contributed by atoms with Crippen LogP contribution in [0.15, 0.2) is 0 Å². The predicted molar refractivity (Wildman–Crippen MR) is 84.2 cm³/mol. The van der Waals surface area contributed by atoms with Gasteiger partial charge in [-0.15, -0.1) is 11.3 Å².